The predicted molar refractivity (Wildman–Crippen MR) is 73.4 cm³/mol. The fraction of sp³-hybridized carbons (Fsp3) is 0.600. The second-order valence-corrected chi connectivity index (χ2v) is 4.45. The Bertz CT molecular complexity index is 311. The molecule has 0 fully saturated rings. The van der Waals surface area contributed by atoms with E-state index in [9.17, 15) is 0 Å². The summed E-state index contributed by atoms with van der Waals surface area (Å²) in [5.74, 6) is 0. The van der Waals surface area contributed by atoms with Crippen LogP contribution in [0.3, 0.4) is 0 Å². The zero-order chi connectivity index (χ0) is 12.0. The molecule has 0 radical (unpaired) electrons. The molecule has 0 amide bonds. The maximum atomic E-state index is 2.50. The predicted octanol–water partition coefficient (Wildman–Crippen LogP) is 4.18. The van der Waals surface area contributed by atoms with Crippen LogP contribution in [0.2, 0.25) is 0 Å². The summed E-state index contributed by atoms with van der Waals surface area (Å²) in [7, 11) is 0. The van der Waals surface area contributed by atoms with Gasteiger partial charge in [0, 0.05) is 18.8 Å². The molecule has 0 N–H and O–H groups in total. The molecule has 90 valence electrons. The topological polar surface area (TPSA) is 3.24 Å². The fourth-order valence-electron chi connectivity index (χ4n) is 2.15. The van der Waals surface area contributed by atoms with E-state index >= 15 is 0 Å². The van der Waals surface area contributed by atoms with Crippen molar-refractivity contribution in [2.75, 3.05) is 18.0 Å². The molecule has 0 unspecified atom stereocenters. The van der Waals surface area contributed by atoms with Crippen LogP contribution in [0.15, 0.2) is 18.2 Å². The van der Waals surface area contributed by atoms with Gasteiger partial charge in [-0.1, -0.05) is 26.8 Å². The molecule has 0 saturated heterocycles. The highest BCUT2D eigenvalue weighted by Crippen LogP contribution is 2.20. The highest BCUT2D eigenvalue weighted by atomic mass is 15.1. The molecular formula is C15H25N. The highest BCUT2D eigenvalue weighted by Gasteiger charge is 2.06. The van der Waals surface area contributed by atoms with Gasteiger partial charge in [0.1, 0.15) is 0 Å². The molecule has 0 atom stereocenters. The van der Waals surface area contributed by atoms with Gasteiger partial charge in [-0.05, 0) is 49.4 Å². The van der Waals surface area contributed by atoms with E-state index in [1.165, 1.54) is 42.7 Å². The van der Waals surface area contributed by atoms with Crippen LogP contribution >= 0.6 is 0 Å². The number of hydrogen-bond acceptors (Lipinski definition) is 1. The maximum Gasteiger partial charge on any atom is 0.0369 e. The van der Waals surface area contributed by atoms with E-state index in [1.54, 1.807) is 0 Å². The summed E-state index contributed by atoms with van der Waals surface area (Å²) < 4.78 is 0. The minimum atomic E-state index is 1.13. The zero-order valence-corrected chi connectivity index (χ0v) is 11.2. The second kappa shape index (κ2) is 6.57. The Morgan fingerprint density at radius 1 is 1.00 bits per heavy atom. The third-order valence-corrected chi connectivity index (χ3v) is 3.07. The van der Waals surface area contributed by atoms with Crippen molar-refractivity contribution in [3.8, 4) is 0 Å². The third-order valence-electron chi connectivity index (χ3n) is 3.07. The Morgan fingerprint density at radius 3 is 2.12 bits per heavy atom. The Balaban J connectivity index is 2.90. The van der Waals surface area contributed by atoms with Crippen molar-refractivity contribution < 1.29 is 0 Å². The van der Waals surface area contributed by atoms with E-state index in [0.717, 1.165) is 6.42 Å². The summed E-state index contributed by atoms with van der Waals surface area (Å²) in [6, 6.07) is 6.88. The van der Waals surface area contributed by atoms with Crippen molar-refractivity contribution in [1.82, 2.24) is 0 Å². The van der Waals surface area contributed by atoms with Gasteiger partial charge in [-0.2, -0.15) is 0 Å². The molecule has 0 heterocycles. The van der Waals surface area contributed by atoms with Crippen molar-refractivity contribution in [3.63, 3.8) is 0 Å². The van der Waals surface area contributed by atoms with E-state index in [1.807, 2.05) is 0 Å². The molecule has 0 aliphatic rings. The average molecular weight is 219 g/mol. The van der Waals surface area contributed by atoms with Crippen molar-refractivity contribution in [3.05, 3.63) is 29.3 Å². The number of benzene rings is 1. The van der Waals surface area contributed by atoms with Gasteiger partial charge in [0.15, 0.2) is 0 Å². The highest BCUT2D eigenvalue weighted by molar-refractivity contribution is 5.50. The van der Waals surface area contributed by atoms with E-state index < -0.39 is 0 Å². The quantitative estimate of drug-likeness (QED) is 0.693. The molecule has 0 aromatic heterocycles. The number of nitrogens with zero attached hydrogens (tertiary/aromatic N) is 1. The molecule has 1 rings (SSSR count). The van der Waals surface area contributed by atoms with Crippen molar-refractivity contribution in [2.45, 2.75) is 47.0 Å². The Kier molecular flexibility index (Phi) is 5.37. The lowest BCUT2D eigenvalue weighted by Crippen LogP contribution is -2.24. The van der Waals surface area contributed by atoms with Crippen LogP contribution in [0.4, 0.5) is 5.69 Å². The molecule has 1 heteroatoms. The molecule has 1 aromatic rings. The van der Waals surface area contributed by atoms with Crippen LogP contribution in [0, 0.1) is 6.92 Å². The SMILES string of the molecule is CCCN(CCC)c1ccc(C)c(CC)c1. The van der Waals surface area contributed by atoms with Gasteiger partial charge in [0.25, 0.3) is 0 Å². The lowest BCUT2D eigenvalue weighted by molar-refractivity contribution is 0.744. The lowest BCUT2D eigenvalue weighted by atomic mass is 10.1. The van der Waals surface area contributed by atoms with E-state index in [4.69, 9.17) is 0 Å². The van der Waals surface area contributed by atoms with Crippen LogP contribution in [0.25, 0.3) is 0 Å². The number of hydrogen-bond donors (Lipinski definition) is 0. The zero-order valence-electron chi connectivity index (χ0n) is 11.2. The first-order valence-electron chi connectivity index (χ1n) is 6.57. The van der Waals surface area contributed by atoms with E-state index in [2.05, 4.69) is 50.8 Å². The summed E-state index contributed by atoms with van der Waals surface area (Å²) in [4.78, 5) is 2.50. The first kappa shape index (κ1) is 13.1. The molecule has 1 aromatic carbocycles. The van der Waals surface area contributed by atoms with Crippen LogP contribution in [0.5, 0.6) is 0 Å². The molecule has 16 heavy (non-hydrogen) atoms. The minimum absolute atomic E-state index is 1.13. The molecule has 0 bridgehead atoms. The molecule has 0 saturated carbocycles. The van der Waals surface area contributed by atoms with E-state index in [0.29, 0.717) is 0 Å². The number of rotatable bonds is 6. The van der Waals surface area contributed by atoms with Crippen LogP contribution in [0.1, 0.15) is 44.7 Å². The largest absolute Gasteiger partial charge is 0.372 e. The lowest BCUT2D eigenvalue weighted by Gasteiger charge is -2.24. The molecule has 0 spiro atoms. The standard InChI is InChI=1S/C15H25N/c1-5-10-16(11-6-2)15-9-8-13(4)14(7-3)12-15/h8-9,12H,5-7,10-11H2,1-4H3. The van der Waals surface area contributed by atoms with Gasteiger partial charge in [0.05, 0.1) is 0 Å². The first-order chi connectivity index (χ1) is 7.72. The third kappa shape index (κ3) is 3.26. The van der Waals surface area contributed by atoms with Crippen molar-refractivity contribution in [2.24, 2.45) is 0 Å². The summed E-state index contributed by atoms with van der Waals surface area (Å²) in [5.41, 5.74) is 4.29. The van der Waals surface area contributed by atoms with Crippen LogP contribution < -0.4 is 4.90 Å². The molecular weight excluding hydrogens is 194 g/mol. The summed E-state index contributed by atoms with van der Waals surface area (Å²) in [5, 5.41) is 0. The van der Waals surface area contributed by atoms with Gasteiger partial charge >= 0.3 is 0 Å². The average Bonchev–Trinajstić information content (AvgIpc) is 2.29. The van der Waals surface area contributed by atoms with Gasteiger partial charge in [-0.3, -0.25) is 0 Å². The fourth-order valence-corrected chi connectivity index (χ4v) is 2.15. The minimum Gasteiger partial charge on any atom is -0.372 e. The summed E-state index contributed by atoms with van der Waals surface area (Å²) >= 11 is 0. The molecule has 0 aliphatic carbocycles. The van der Waals surface area contributed by atoms with Crippen molar-refractivity contribution >= 4 is 5.69 Å². The first-order valence-corrected chi connectivity index (χ1v) is 6.57. The summed E-state index contributed by atoms with van der Waals surface area (Å²) in [6.07, 6.45) is 3.57. The second-order valence-electron chi connectivity index (χ2n) is 4.45. The normalized spacial score (nSPS) is 10.5. The van der Waals surface area contributed by atoms with Gasteiger partial charge in [-0.15, -0.1) is 0 Å². The number of anilines is 1. The molecule has 1 nitrogen and oxygen atoms in total. The Hall–Kier alpha value is -0.980. The maximum absolute atomic E-state index is 2.50. The van der Waals surface area contributed by atoms with E-state index in [-0.39, 0.29) is 0 Å². The smallest absolute Gasteiger partial charge is 0.0369 e. The monoisotopic (exact) mass is 219 g/mol. The van der Waals surface area contributed by atoms with Gasteiger partial charge in [0.2, 0.25) is 0 Å². The van der Waals surface area contributed by atoms with Crippen molar-refractivity contribution in [1.29, 1.82) is 0 Å². The van der Waals surface area contributed by atoms with Gasteiger partial charge in [-0.25, -0.2) is 0 Å². The Morgan fingerprint density at radius 2 is 1.62 bits per heavy atom. The summed E-state index contributed by atoms with van der Waals surface area (Å²) in [6.45, 7) is 11.3. The van der Waals surface area contributed by atoms with Crippen LogP contribution in [-0.4, -0.2) is 13.1 Å². The van der Waals surface area contributed by atoms with Gasteiger partial charge < -0.3 is 4.90 Å². The number of aryl methyl sites for hydroxylation is 2. The Labute approximate surface area is 100 Å². The molecule has 0 aliphatic heterocycles. The van der Waals surface area contributed by atoms with Crippen LogP contribution in [-0.2, 0) is 6.42 Å².